The number of anilines is 1. The predicted molar refractivity (Wildman–Crippen MR) is 131 cm³/mol. The highest BCUT2D eigenvalue weighted by Crippen LogP contribution is 2.30. The van der Waals surface area contributed by atoms with E-state index in [9.17, 15) is 4.79 Å². The second kappa shape index (κ2) is 10.0. The van der Waals surface area contributed by atoms with Gasteiger partial charge in [-0.1, -0.05) is 31.9 Å². The maximum Gasteiger partial charge on any atom is 0.270 e. The molecule has 1 aliphatic heterocycles. The zero-order valence-electron chi connectivity index (χ0n) is 19.3. The fraction of sp³-hybridized carbons (Fsp3) is 0.400. The van der Waals surface area contributed by atoms with Crippen molar-refractivity contribution in [1.82, 2.24) is 30.2 Å². The van der Waals surface area contributed by atoms with Crippen LogP contribution in [0.15, 0.2) is 43.0 Å². The molecule has 1 saturated heterocycles. The number of nitrogens with one attached hydrogen (secondary N) is 2. The van der Waals surface area contributed by atoms with E-state index in [2.05, 4.69) is 42.1 Å². The van der Waals surface area contributed by atoms with Crippen LogP contribution in [0.25, 0.3) is 22.1 Å². The summed E-state index contributed by atoms with van der Waals surface area (Å²) in [5, 5.41) is 3.87. The molecule has 0 radical (unpaired) electrons. The molecule has 0 spiro atoms. The molecular formula is C25H29N7O2. The Kier molecular flexibility index (Phi) is 6.51. The predicted octanol–water partition coefficient (Wildman–Crippen LogP) is 3.87. The van der Waals surface area contributed by atoms with E-state index in [-0.39, 0.29) is 11.9 Å². The van der Waals surface area contributed by atoms with Gasteiger partial charge in [0, 0.05) is 24.5 Å². The van der Waals surface area contributed by atoms with Crippen molar-refractivity contribution in [1.29, 1.82) is 0 Å². The standard InChI is InChI=1S/C25H29N7O2/c1-2-3-6-11-26-25(33)20-13-21(18-9-4-5-10-19(18)31-20)34-14-17-8-7-12-32(17)24-22-23(28-15-27-22)29-16-30-24/h4-5,9-10,13,15-17H,2-3,6-8,11-12,14H2,1H3,(H,26,33)(H,27,28,29,30)/t17-/m1/s1. The number of pyridine rings is 1. The Morgan fingerprint density at radius 1 is 1.24 bits per heavy atom. The first-order valence-corrected chi connectivity index (χ1v) is 12.0. The summed E-state index contributed by atoms with van der Waals surface area (Å²) in [6.45, 7) is 4.15. The van der Waals surface area contributed by atoms with E-state index in [0.29, 0.717) is 24.6 Å². The molecule has 4 aromatic rings. The number of rotatable bonds is 9. The van der Waals surface area contributed by atoms with Crippen molar-refractivity contribution >= 4 is 33.8 Å². The largest absolute Gasteiger partial charge is 0.491 e. The van der Waals surface area contributed by atoms with Crippen LogP contribution >= 0.6 is 0 Å². The molecule has 1 fully saturated rings. The normalized spacial score (nSPS) is 15.8. The SMILES string of the molecule is CCCCCNC(=O)c1cc(OC[C@H]2CCCN2c2ncnc3[nH]cnc23)c2ccccc2n1. The van der Waals surface area contributed by atoms with Gasteiger partial charge in [0.05, 0.1) is 17.9 Å². The number of unbranched alkanes of at least 4 members (excludes halogenated alkanes) is 2. The average Bonchev–Trinajstić information content (AvgIpc) is 3.54. The summed E-state index contributed by atoms with van der Waals surface area (Å²) in [4.78, 5) is 35.8. The van der Waals surface area contributed by atoms with Crippen LogP contribution in [-0.2, 0) is 0 Å². The fourth-order valence-electron chi connectivity index (χ4n) is 4.48. The van der Waals surface area contributed by atoms with Gasteiger partial charge in [0.25, 0.3) is 5.91 Å². The average molecular weight is 460 g/mol. The number of fused-ring (bicyclic) bond motifs is 2. The van der Waals surface area contributed by atoms with Crippen LogP contribution in [0.3, 0.4) is 0 Å². The van der Waals surface area contributed by atoms with E-state index in [1.165, 1.54) is 0 Å². The van der Waals surface area contributed by atoms with Gasteiger partial charge in [-0.05, 0) is 31.4 Å². The summed E-state index contributed by atoms with van der Waals surface area (Å²) >= 11 is 0. The third-order valence-corrected chi connectivity index (χ3v) is 6.26. The van der Waals surface area contributed by atoms with Crippen LogP contribution in [0.5, 0.6) is 5.75 Å². The molecule has 3 aromatic heterocycles. The van der Waals surface area contributed by atoms with Crippen molar-refractivity contribution in [2.24, 2.45) is 0 Å². The monoisotopic (exact) mass is 459 g/mol. The molecule has 0 aliphatic carbocycles. The van der Waals surface area contributed by atoms with E-state index in [0.717, 1.165) is 66.5 Å². The molecule has 4 heterocycles. The number of carbonyl (C=O) groups is 1. The highest BCUT2D eigenvalue weighted by atomic mass is 16.5. The van der Waals surface area contributed by atoms with Gasteiger partial charge in [0.1, 0.15) is 29.9 Å². The lowest BCUT2D eigenvalue weighted by molar-refractivity contribution is 0.0948. The first-order chi connectivity index (χ1) is 16.7. The number of benzene rings is 1. The zero-order chi connectivity index (χ0) is 23.3. The van der Waals surface area contributed by atoms with Crippen LogP contribution in [0.1, 0.15) is 49.5 Å². The Morgan fingerprint density at radius 3 is 3.06 bits per heavy atom. The first kappa shape index (κ1) is 22.1. The molecule has 0 saturated carbocycles. The van der Waals surface area contributed by atoms with Crippen molar-refractivity contribution in [3.63, 3.8) is 0 Å². The smallest absolute Gasteiger partial charge is 0.270 e. The summed E-state index contributed by atoms with van der Waals surface area (Å²) in [7, 11) is 0. The highest BCUT2D eigenvalue weighted by Gasteiger charge is 2.29. The minimum atomic E-state index is -0.170. The van der Waals surface area contributed by atoms with E-state index in [1.54, 1.807) is 18.7 Å². The molecule has 0 unspecified atom stereocenters. The number of carbonyl (C=O) groups excluding carboxylic acids is 1. The number of aromatic amines is 1. The molecule has 1 aromatic carbocycles. The van der Waals surface area contributed by atoms with Gasteiger partial charge in [0.15, 0.2) is 11.5 Å². The maximum absolute atomic E-state index is 12.7. The van der Waals surface area contributed by atoms with Crippen LogP contribution in [0.2, 0.25) is 0 Å². The van der Waals surface area contributed by atoms with Gasteiger partial charge in [-0.3, -0.25) is 4.79 Å². The number of hydrogen-bond acceptors (Lipinski definition) is 7. The fourth-order valence-corrected chi connectivity index (χ4v) is 4.48. The Hall–Kier alpha value is -3.75. The summed E-state index contributed by atoms with van der Waals surface area (Å²) in [5.74, 6) is 1.32. The number of nitrogens with zero attached hydrogens (tertiary/aromatic N) is 5. The summed E-state index contributed by atoms with van der Waals surface area (Å²) in [5.41, 5.74) is 2.62. The van der Waals surface area contributed by atoms with E-state index >= 15 is 0 Å². The van der Waals surface area contributed by atoms with Gasteiger partial charge in [-0.25, -0.2) is 19.9 Å². The van der Waals surface area contributed by atoms with E-state index in [4.69, 9.17) is 4.74 Å². The van der Waals surface area contributed by atoms with Crippen molar-refractivity contribution in [3.8, 4) is 5.75 Å². The third-order valence-electron chi connectivity index (χ3n) is 6.26. The molecule has 1 aliphatic rings. The van der Waals surface area contributed by atoms with Gasteiger partial charge >= 0.3 is 0 Å². The van der Waals surface area contributed by atoms with Gasteiger partial charge in [-0.2, -0.15) is 0 Å². The lowest BCUT2D eigenvalue weighted by Gasteiger charge is -2.26. The second-order valence-electron chi connectivity index (χ2n) is 8.58. The molecule has 176 valence electrons. The summed E-state index contributed by atoms with van der Waals surface area (Å²) < 4.78 is 6.35. The zero-order valence-corrected chi connectivity index (χ0v) is 19.3. The number of aromatic nitrogens is 5. The van der Waals surface area contributed by atoms with Crippen LogP contribution < -0.4 is 15.0 Å². The number of hydrogen-bond donors (Lipinski definition) is 2. The Morgan fingerprint density at radius 2 is 2.15 bits per heavy atom. The minimum absolute atomic E-state index is 0.146. The van der Waals surface area contributed by atoms with Gasteiger partial charge in [-0.15, -0.1) is 0 Å². The molecule has 9 nitrogen and oxygen atoms in total. The quantitative estimate of drug-likeness (QED) is 0.366. The molecule has 1 amide bonds. The van der Waals surface area contributed by atoms with Crippen molar-refractivity contribution in [2.45, 2.75) is 45.1 Å². The first-order valence-electron chi connectivity index (χ1n) is 12.0. The maximum atomic E-state index is 12.7. The Balaban J connectivity index is 1.35. The number of para-hydroxylation sites is 1. The third kappa shape index (κ3) is 4.50. The molecule has 2 N–H and O–H groups in total. The summed E-state index contributed by atoms with van der Waals surface area (Å²) in [6.07, 6.45) is 8.41. The number of amides is 1. The van der Waals surface area contributed by atoms with Crippen molar-refractivity contribution in [3.05, 3.63) is 48.7 Å². The molecule has 1 atom stereocenters. The van der Waals surface area contributed by atoms with Crippen LogP contribution in [0.4, 0.5) is 5.82 Å². The van der Waals surface area contributed by atoms with Gasteiger partial charge in [0.2, 0.25) is 0 Å². The number of imidazole rings is 1. The van der Waals surface area contributed by atoms with Crippen molar-refractivity contribution in [2.75, 3.05) is 24.6 Å². The second-order valence-corrected chi connectivity index (χ2v) is 8.58. The van der Waals surface area contributed by atoms with Crippen LogP contribution in [0, 0.1) is 0 Å². The minimum Gasteiger partial charge on any atom is -0.491 e. The van der Waals surface area contributed by atoms with Gasteiger partial charge < -0.3 is 19.9 Å². The van der Waals surface area contributed by atoms with Crippen LogP contribution in [-0.4, -0.2) is 56.6 Å². The molecule has 0 bridgehead atoms. The van der Waals surface area contributed by atoms with E-state index < -0.39 is 0 Å². The Labute approximate surface area is 198 Å². The van der Waals surface area contributed by atoms with E-state index in [1.807, 2.05) is 24.3 Å². The Bertz CT molecular complexity index is 1290. The number of H-pyrrole nitrogens is 1. The topological polar surface area (TPSA) is 109 Å². The molecule has 5 rings (SSSR count). The van der Waals surface area contributed by atoms with Crippen molar-refractivity contribution < 1.29 is 9.53 Å². The molecular weight excluding hydrogens is 430 g/mol. The lowest BCUT2D eigenvalue weighted by Crippen LogP contribution is -2.35. The molecule has 34 heavy (non-hydrogen) atoms. The molecule has 9 heteroatoms. The number of ether oxygens (including phenoxy) is 1. The lowest BCUT2D eigenvalue weighted by atomic mass is 10.1. The highest BCUT2D eigenvalue weighted by molar-refractivity contribution is 5.97. The summed E-state index contributed by atoms with van der Waals surface area (Å²) in [6, 6.07) is 9.67.